The number of thioether (sulfide) groups is 1. The molecular weight excluding hydrogens is 477 g/mol. The Morgan fingerprint density at radius 3 is 2.73 bits per heavy atom. The first-order valence-electron chi connectivity index (χ1n) is 9.83. The molecule has 0 spiro atoms. The summed E-state index contributed by atoms with van der Waals surface area (Å²) in [6.45, 7) is 0.327. The van der Waals surface area contributed by atoms with E-state index in [1.54, 1.807) is 24.3 Å². The van der Waals surface area contributed by atoms with E-state index in [0.717, 1.165) is 23.4 Å². The van der Waals surface area contributed by atoms with Crippen LogP contribution < -0.4 is 14.8 Å². The predicted molar refractivity (Wildman–Crippen MR) is 122 cm³/mol. The van der Waals surface area contributed by atoms with Crippen LogP contribution in [0.2, 0.25) is 0 Å². The normalized spacial score (nSPS) is 16.6. The van der Waals surface area contributed by atoms with E-state index < -0.39 is 17.6 Å². The molecule has 2 heterocycles. The summed E-state index contributed by atoms with van der Waals surface area (Å²) in [5.41, 5.74) is -0.460. The molecule has 172 valence electrons. The molecule has 2 aliphatic rings. The number of nitrogens with zero attached hydrogens (tertiary/aromatic N) is 1. The summed E-state index contributed by atoms with van der Waals surface area (Å²) in [4.78, 5) is 26.7. The average molecular weight is 495 g/mol. The van der Waals surface area contributed by atoms with Gasteiger partial charge in [0.25, 0.3) is 5.91 Å². The van der Waals surface area contributed by atoms with Crippen LogP contribution in [-0.2, 0) is 15.8 Å². The summed E-state index contributed by atoms with van der Waals surface area (Å²) < 4.78 is 50.2. The molecule has 0 radical (unpaired) electrons. The lowest BCUT2D eigenvalue weighted by molar-refractivity contribution is -0.137. The van der Waals surface area contributed by atoms with Crippen molar-refractivity contribution in [2.45, 2.75) is 19.0 Å². The third-order valence-electron chi connectivity index (χ3n) is 4.86. The van der Waals surface area contributed by atoms with E-state index in [1.807, 2.05) is 0 Å². The van der Waals surface area contributed by atoms with Gasteiger partial charge in [0.15, 0.2) is 11.5 Å². The maximum absolute atomic E-state index is 13.1. The Morgan fingerprint density at radius 1 is 1.18 bits per heavy atom. The smallest absolute Gasteiger partial charge is 0.418 e. The zero-order chi connectivity index (χ0) is 23.6. The zero-order valence-electron chi connectivity index (χ0n) is 17.0. The van der Waals surface area contributed by atoms with Crippen molar-refractivity contribution in [3.05, 3.63) is 58.5 Å². The molecule has 1 fully saturated rings. The molecule has 0 bridgehead atoms. The number of carbonyl (C=O) groups is 2. The van der Waals surface area contributed by atoms with Crippen LogP contribution in [0.3, 0.4) is 0 Å². The van der Waals surface area contributed by atoms with Gasteiger partial charge in [-0.05, 0) is 42.3 Å². The third kappa shape index (κ3) is 5.31. The summed E-state index contributed by atoms with van der Waals surface area (Å²) in [6.07, 6.45) is -2.70. The number of carbonyl (C=O) groups excluding carboxylic acids is 2. The highest BCUT2D eigenvalue weighted by atomic mass is 32.2. The minimum absolute atomic E-state index is 0.0650. The predicted octanol–water partition coefficient (Wildman–Crippen LogP) is 5.05. The number of halogens is 3. The SMILES string of the molecule is O=C(CCCN1C(=O)/C(=C/c2ccc3c(c2)OCO3)SC1=S)Nc1ccccc1C(F)(F)F. The topological polar surface area (TPSA) is 67.9 Å². The fourth-order valence-electron chi connectivity index (χ4n) is 3.30. The fourth-order valence-corrected chi connectivity index (χ4v) is 4.61. The number of ether oxygens (including phenoxy) is 2. The van der Waals surface area contributed by atoms with Gasteiger partial charge in [0, 0.05) is 13.0 Å². The van der Waals surface area contributed by atoms with Gasteiger partial charge in [-0.15, -0.1) is 0 Å². The average Bonchev–Trinajstić information content (AvgIpc) is 3.32. The lowest BCUT2D eigenvalue weighted by Gasteiger charge is -2.15. The van der Waals surface area contributed by atoms with E-state index >= 15 is 0 Å². The van der Waals surface area contributed by atoms with Crippen molar-refractivity contribution in [3.8, 4) is 11.5 Å². The van der Waals surface area contributed by atoms with Crippen LogP contribution in [0.15, 0.2) is 47.4 Å². The summed E-state index contributed by atoms with van der Waals surface area (Å²) in [5, 5.41) is 2.29. The Kier molecular flexibility index (Phi) is 6.61. The fraction of sp³-hybridized carbons (Fsp3) is 0.227. The van der Waals surface area contributed by atoms with E-state index in [1.165, 1.54) is 23.1 Å². The Bertz CT molecular complexity index is 1150. The molecule has 0 aromatic heterocycles. The molecule has 0 atom stereocenters. The molecule has 11 heteroatoms. The van der Waals surface area contributed by atoms with Crippen LogP contribution in [0.1, 0.15) is 24.0 Å². The van der Waals surface area contributed by atoms with Gasteiger partial charge in [0.2, 0.25) is 12.7 Å². The number of rotatable bonds is 6. The minimum Gasteiger partial charge on any atom is -0.454 e. The van der Waals surface area contributed by atoms with Crippen LogP contribution in [-0.4, -0.2) is 34.4 Å². The van der Waals surface area contributed by atoms with Crippen molar-refractivity contribution >= 4 is 51.9 Å². The molecule has 2 aliphatic heterocycles. The number of anilines is 1. The van der Waals surface area contributed by atoms with E-state index in [-0.39, 0.29) is 37.8 Å². The number of hydrogen-bond acceptors (Lipinski definition) is 6. The highest BCUT2D eigenvalue weighted by molar-refractivity contribution is 8.26. The Morgan fingerprint density at radius 2 is 1.94 bits per heavy atom. The number of hydrogen-bond donors (Lipinski definition) is 1. The van der Waals surface area contributed by atoms with Crippen molar-refractivity contribution < 1.29 is 32.2 Å². The van der Waals surface area contributed by atoms with Crippen LogP contribution in [0.25, 0.3) is 6.08 Å². The van der Waals surface area contributed by atoms with Crippen LogP contribution in [0.4, 0.5) is 18.9 Å². The van der Waals surface area contributed by atoms with Gasteiger partial charge in [-0.25, -0.2) is 0 Å². The number of thiocarbonyl (C=S) groups is 1. The molecule has 1 saturated heterocycles. The molecule has 2 aromatic rings. The zero-order valence-corrected chi connectivity index (χ0v) is 18.6. The van der Waals surface area contributed by atoms with Gasteiger partial charge >= 0.3 is 6.18 Å². The summed E-state index contributed by atoms with van der Waals surface area (Å²) in [7, 11) is 0. The molecule has 0 aliphatic carbocycles. The minimum atomic E-state index is -4.57. The summed E-state index contributed by atoms with van der Waals surface area (Å²) in [6, 6.07) is 10.1. The van der Waals surface area contributed by atoms with Crippen LogP contribution in [0.5, 0.6) is 11.5 Å². The molecule has 1 N–H and O–H groups in total. The van der Waals surface area contributed by atoms with E-state index in [0.29, 0.717) is 20.7 Å². The second kappa shape index (κ2) is 9.44. The molecule has 0 saturated carbocycles. The lowest BCUT2D eigenvalue weighted by atomic mass is 10.1. The van der Waals surface area contributed by atoms with Gasteiger partial charge in [0.05, 0.1) is 16.2 Å². The second-order valence-corrected chi connectivity index (χ2v) is 8.82. The quantitative estimate of drug-likeness (QED) is 0.448. The van der Waals surface area contributed by atoms with Crippen molar-refractivity contribution in [3.63, 3.8) is 0 Å². The highest BCUT2D eigenvalue weighted by Gasteiger charge is 2.34. The number of para-hydroxylation sites is 1. The number of alkyl halides is 3. The number of fused-ring (bicyclic) bond motifs is 1. The maximum atomic E-state index is 13.1. The van der Waals surface area contributed by atoms with Crippen molar-refractivity contribution in [1.29, 1.82) is 0 Å². The maximum Gasteiger partial charge on any atom is 0.418 e. The summed E-state index contributed by atoms with van der Waals surface area (Å²) >= 11 is 6.44. The Labute approximate surface area is 196 Å². The largest absolute Gasteiger partial charge is 0.454 e. The molecule has 2 amide bonds. The Hall–Kier alpha value is -3.05. The van der Waals surface area contributed by atoms with Crippen molar-refractivity contribution in [1.82, 2.24) is 4.90 Å². The van der Waals surface area contributed by atoms with Gasteiger partial charge in [-0.2, -0.15) is 13.2 Å². The molecule has 4 rings (SSSR count). The van der Waals surface area contributed by atoms with Crippen LogP contribution >= 0.6 is 24.0 Å². The molecule has 0 unspecified atom stereocenters. The van der Waals surface area contributed by atoms with E-state index in [4.69, 9.17) is 21.7 Å². The monoisotopic (exact) mass is 494 g/mol. The Balaban J connectivity index is 1.33. The van der Waals surface area contributed by atoms with Crippen LogP contribution in [0, 0.1) is 0 Å². The molecule has 2 aromatic carbocycles. The molecular formula is C22H17F3N2O4S2. The van der Waals surface area contributed by atoms with Gasteiger partial charge in [0.1, 0.15) is 4.32 Å². The van der Waals surface area contributed by atoms with Gasteiger partial charge in [-0.1, -0.05) is 42.2 Å². The van der Waals surface area contributed by atoms with E-state index in [2.05, 4.69) is 5.32 Å². The second-order valence-electron chi connectivity index (χ2n) is 7.14. The first-order valence-corrected chi connectivity index (χ1v) is 11.1. The van der Waals surface area contributed by atoms with Crippen molar-refractivity contribution in [2.75, 3.05) is 18.7 Å². The van der Waals surface area contributed by atoms with Gasteiger partial charge in [-0.3, -0.25) is 14.5 Å². The molecule has 33 heavy (non-hydrogen) atoms. The number of nitrogens with one attached hydrogen (secondary N) is 1. The lowest BCUT2D eigenvalue weighted by Crippen LogP contribution is -2.29. The first kappa shape index (κ1) is 23.1. The van der Waals surface area contributed by atoms with Crippen molar-refractivity contribution in [2.24, 2.45) is 0 Å². The first-order chi connectivity index (χ1) is 15.7. The number of benzene rings is 2. The summed E-state index contributed by atoms with van der Waals surface area (Å²) in [5.74, 6) is 0.367. The standard InChI is InChI=1S/C22H17F3N2O4S2/c23-22(24,25)14-4-1-2-5-15(14)26-19(28)6-3-9-27-20(29)18(33-21(27)32)11-13-7-8-16-17(10-13)31-12-30-16/h1-2,4-5,7-8,10-11H,3,6,9,12H2,(H,26,28)/b18-11-. The highest BCUT2D eigenvalue weighted by Crippen LogP contribution is 2.37. The number of amides is 2. The van der Waals surface area contributed by atoms with E-state index in [9.17, 15) is 22.8 Å². The third-order valence-corrected chi connectivity index (χ3v) is 6.24. The van der Waals surface area contributed by atoms with Gasteiger partial charge < -0.3 is 14.8 Å². The molecule has 6 nitrogen and oxygen atoms in total.